The van der Waals surface area contributed by atoms with Gasteiger partial charge in [0.15, 0.2) is 5.82 Å². The molecule has 11 heteroatoms. The highest BCUT2D eigenvalue weighted by molar-refractivity contribution is 7.89. The molecule has 0 radical (unpaired) electrons. The number of hydrogen-bond donors (Lipinski definition) is 0. The van der Waals surface area contributed by atoms with Crippen molar-refractivity contribution < 1.29 is 12.8 Å². The second kappa shape index (κ2) is 8.97. The lowest BCUT2D eigenvalue weighted by Gasteiger charge is -2.37. The van der Waals surface area contributed by atoms with E-state index >= 15 is 0 Å². The maximum Gasteiger partial charge on any atom is 0.243 e. The number of aromatic nitrogens is 5. The number of hydrogen-bond acceptors (Lipinski definition) is 7. The van der Waals surface area contributed by atoms with Gasteiger partial charge < -0.3 is 4.90 Å². The van der Waals surface area contributed by atoms with E-state index in [1.165, 1.54) is 22.5 Å². The monoisotopic (exact) mass is 495 g/mol. The van der Waals surface area contributed by atoms with Crippen LogP contribution in [0.1, 0.15) is 18.4 Å². The van der Waals surface area contributed by atoms with Gasteiger partial charge in [0.05, 0.1) is 10.6 Å². The van der Waals surface area contributed by atoms with Crippen LogP contribution in [0.2, 0.25) is 0 Å². The van der Waals surface area contributed by atoms with Crippen LogP contribution >= 0.6 is 0 Å². The van der Waals surface area contributed by atoms with E-state index in [4.69, 9.17) is 0 Å². The zero-order valence-corrected chi connectivity index (χ0v) is 20.6. The van der Waals surface area contributed by atoms with E-state index in [1.807, 2.05) is 19.2 Å². The van der Waals surface area contributed by atoms with E-state index in [-0.39, 0.29) is 10.9 Å². The average Bonchev–Trinajstić information content (AvgIpc) is 3.28. The quantitative estimate of drug-likeness (QED) is 0.420. The Labute approximate surface area is 203 Å². The molecule has 4 heterocycles. The van der Waals surface area contributed by atoms with Crippen molar-refractivity contribution >= 4 is 26.6 Å². The summed E-state index contributed by atoms with van der Waals surface area (Å²) in [7, 11) is -0.276. The number of pyridine rings is 1. The molecule has 0 saturated carbocycles. The normalized spacial score (nSPS) is 15.3. The summed E-state index contributed by atoms with van der Waals surface area (Å²) in [5, 5.41) is 15.1. The Kier molecular flexibility index (Phi) is 5.97. The molecule has 0 atom stereocenters. The van der Waals surface area contributed by atoms with E-state index in [1.54, 1.807) is 37.2 Å². The summed E-state index contributed by atoms with van der Waals surface area (Å²) in [5.74, 6) is 0.284. The van der Waals surface area contributed by atoms with Gasteiger partial charge in [-0.25, -0.2) is 12.8 Å². The highest BCUT2D eigenvalue weighted by Gasteiger charge is 2.32. The van der Waals surface area contributed by atoms with Gasteiger partial charge in [0.2, 0.25) is 10.0 Å². The number of fused-ring (bicyclic) bond motifs is 1. The summed E-state index contributed by atoms with van der Waals surface area (Å²) in [6, 6.07) is 7.41. The number of sulfonamides is 1. The Balaban J connectivity index is 1.38. The second-order valence-corrected chi connectivity index (χ2v) is 10.7. The van der Waals surface area contributed by atoms with E-state index in [2.05, 4.69) is 25.2 Å². The largest absolute Gasteiger partial charge is 0.354 e. The number of nitrogens with zero attached hydrogens (tertiary/aromatic N) is 7. The summed E-state index contributed by atoms with van der Waals surface area (Å²) in [6.45, 7) is 2.85. The molecule has 0 amide bonds. The fourth-order valence-electron chi connectivity index (χ4n) is 4.71. The number of rotatable bonds is 5. The SMILES string of the molecule is Cc1cc(F)ccc1S(=O)(=O)N(C)C1CCN(c2nnc(-c3ccnn3C)c3ccncc23)CC1. The molecule has 0 N–H and O–H groups in total. The van der Waals surface area contributed by atoms with Crippen molar-refractivity contribution in [3.63, 3.8) is 0 Å². The zero-order chi connectivity index (χ0) is 24.7. The topological polar surface area (TPSA) is 97.1 Å². The minimum absolute atomic E-state index is 0.137. The molecule has 9 nitrogen and oxygen atoms in total. The van der Waals surface area contributed by atoms with E-state index in [0.29, 0.717) is 31.5 Å². The van der Waals surface area contributed by atoms with Crippen LogP contribution in [-0.4, -0.2) is 63.9 Å². The third-order valence-corrected chi connectivity index (χ3v) is 8.77. The van der Waals surface area contributed by atoms with Gasteiger partial charge in [-0.1, -0.05) is 0 Å². The van der Waals surface area contributed by atoms with Gasteiger partial charge in [0, 0.05) is 62.6 Å². The van der Waals surface area contributed by atoms with Crippen molar-refractivity contribution in [2.75, 3.05) is 25.0 Å². The lowest BCUT2D eigenvalue weighted by Crippen LogP contribution is -2.46. The van der Waals surface area contributed by atoms with Gasteiger partial charge in [0.25, 0.3) is 0 Å². The maximum atomic E-state index is 13.5. The van der Waals surface area contributed by atoms with Crippen LogP contribution in [0.4, 0.5) is 10.2 Å². The van der Waals surface area contributed by atoms with Gasteiger partial charge in [-0.15, -0.1) is 10.2 Å². The van der Waals surface area contributed by atoms with E-state index < -0.39 is 15.8 Å². The first-order valence-electron chi connectivity index (χ1n) is 11.4. The molecule has 1 fully saturated rings. The predicted molar refractivity (Wildman–Crippen MR) is 131 cm³/mol. The van der Waals surface area contributed by atoms with Crippen molar-refractivity contribution in [3.8, 4) is 11.4 Å². The summed E-state index contributed by atoms with van der Waals surface area (Å²) in [4.78, 5) is 6.57. The Morgan fingerprint density at radius 1 is 1.06 bits per heavy atom. The fourth-order valence-corrected chi connectivity index (χ4v) is 6.33. The summed E-state index contributed by atoms with van der Waals surface area (Å²) >= 11 is 0. The lowest BCUT2D eigenvalue weighted by atomic mass is 10.0. The summed E-state index contributed by atoms with van der Waals surface area (Å²) in [5.41, 5.74) is 2.00. The molecule has 4 aromatic rings. The molecule has 1 aliphatic heterocycles. The van der Waals surface area contributed by atoms with Crippen molar-refractivity contribution in [1.29, 1.82) is 0 Å². The Bertz CT molecular complexity index is 1500. The Hall–Kier alpha value is -3.44. The average molecular weight is 496 g/mol. The summed E-state index contributed by atoms with van der Waals surface area (Å²) < 4.78 is 43.1. The molecule has 1 aromatic carbocycles. The molecule has 1 saturated heterocycles. The minimum atomic E-state index is -3.74. The third kappa shape index (κ3) is 4.14. The van der Waals surface area contributed by atoms with Crippen LogP contribution in [0.25, 0.3) is 22.2 Å². The van der Waals surface area contributed by atoms with Crippen molar-refractivity contribution in [2.24, 2.45) is 7.05 Å². The van der Waals surface area contributed by atoms with Gasteiger partial charge in [-0.2, -0.15) is 9.40 Å². The first-order valence-corrected chi connectivity index (χ1v) is 12.8. The molecular formula is C24H26FN7O2S. The zero-order valence-electron chi connectivity index (χ0n) is 19.8. The van der Waals surface area contributed by atoms with Crippen LogP contribution in [0.3, 0.4) is 0 Å². The van der Waals surface area contributed by atoms with E-state index in [0.717, 1.165) is 28.0 Å². The smallest absolute Gasteiger partial charge is 0.243 e. The second-order valence-electron chi connectivity index (χ2n) is 8.78. The molecular weight excluding hydrogens is 469 g/mol. The molecule has 5 rings (SSSR count). The number of anilines is 1. The molecule has 0 unspecified atom stereocenters. The third-order valence-electron chi connectivity index (χ3n) is 6.70. The van der Waals surface area contributed by atoms with Crippen LogP contribution < -0.4 is 4.90 Å². The predicted octanol–water partition coefficient (Wildman–Crippen LogP) is 3.16. The molecule has 3 aromatic heterocycles. The molecule has 0 bridgehead atoms. The fraction of sp³-hybridized carbons (Fsp3) is 0.333. The van der Waals surface area contributed by atoms with Gasteiger partial charge in [-0.05, 0) is 55.7 Å². The molecule has 0 spiro atoms. The van der Waals surface area contributed by atoms with Crippen molar-refractivity contribution in [3.05, 3.63) is 60.3 Å². The van der Waals surface area contributed by atoms with Crippen LogP contribution in [-0.2, 0) is 17.1 Å². The van der Waals surface area contributed by atoms with Crippen molar-refractivity contribution in [2.45, 2.75) is 30.7 Å². The van der Waals surface area contributed by atoms with E-state index in [9.17, 15) is 12.8 Å². The first kappa shape index (κ1) is 23.3. The molecule has 35 heavy (non-hydrogen) atoms. The number of halogens is 1. The molecule has 0 aliphatic carbocycles. The Morgan fingerprint density at radius 3 is 2.51 bits per heavy atom. The molecule has 182 valence electrons. The number of aryl methyl sites for hydroxylation is 2. The van der Waals surface area contributed by atoms with Gasteiger partial charge in [0.1, 0.15) is 11.5 Å². The summed E-state index contributed by atoms with van der Waals surface area (Å²) in [6.07, 6.45) is 6.50. The van der Waals surface area contributed by atoms with Gasteiger partial charge >= 0.3 is 0 Å². The van der Waals surface area contributed by atoms with Crippen molar-refractivity contribution in [1.82, 2.24) is 29.3 Å². The highest BCUT2D eigenvalue weighted by Crippen LogP contribution is 2.33. The first-order chi connectivity index (χ1) is 16.8. The standard InChI is InChI=1S/C24H26FN7O2S/c1-16-14-17(25)4-5-22(16)35(33,34)31(3)18-8-12-32(13-9-18)24-20-15-26-10-6-19(20)23(28-29-24)21-7-11-27-30(21)2/h4-7,10-11,14-15,18H,8-9,12-13H2,1-3H3. The highest BCUT2D eigenvalue weighted by atomic mass is 32.2. The number of piperidine rings is 1. The van der Waals surface area contributed by atoms with Crippen LogP contribution in [0.5, 0.6) is 0 Å². The van der Waals surface area contributed by atoms with Crippen LogP contribution in [0, 0.1) is 12.7 Å². The maximum absolute atomic E-state index is 13.5. The van der Waals surface area contributed by atoms with Gasteiger partial charge in [-0.3, -0.25) is 9.67 Å². The van der Waals surface area contributed by atoms with Crippen LogP contribution in [0.15, 0.2) is 53.8 Å². The molecule has 1 aliphatic rings. The number of benzene rings is 1. The Morgan fingerprint density at radius 2 is 1.83 bits per heavy atom. The lowest BCUT2D eigenvalue weighted by molar-refractivity contribution is 0.311. The minimum Gasteiger partial charge on any atom is -0.354 e.